The Balaban J connectivity index is 1.08. The van der Waals surface area contributed by atoms with Crippen LogP contribution in [0.4, 0.5) is 4.79 Å². The SMILES string of the molecule is C[C@](Cc1c[nH]c2ccccc12)(NC(=O)OC1C2CC3CC(C2)CC1C3)C(=O)NC[C@H](NC(=O)[C@H]1C[C@@H]1C(=O)O)c1ccccc1. The average molecular weight is 627 g/mol. The Hall–Kier alpha value is -4.34. The summed E-state index contributed by atoms with van der Waals surface area (Å²) in [5, 5.41) is 19.2. The van der Waals surface area contributed by atoms with E-state index in [2.05, 4.69) is 20.9 Å². The van der Waals surface area contributed by atoms with Crippen molar-refractivity contribution in [1.29, 1.82) is 0 Å². The normalized spacial score (nSPS) is 29.4. The van der Waals surface area contributed by atoms with Gasteiger partial charge in [0.1, 0.15) is 11.6 Å². The van der Waals surface area contributed by atoms with E-state index in [1.807, 2.05) is 60.8 Å². The molecule has 3 aromatic rings. The predicted octanol–water partition coefficient (Wildman–Crippen LogP) is 4.71. The number of rotatable bonds is 11. The molecule has 4 atom stereocenters. The van der Waals surface area contributed by atoms with Gasteiger partial charge in [0.05, 0.1) is 17.9 Å². The number of carboxylic acids is 1. The molecule has 4 bridgehead atoms. The Morgan fingerprint density at radius 1 is 0.913 bits per heavy atom. The van der Waals surface area contributed by atoms with E-state index in [9.17, 15) is 24.3 Å². The first-order valence-electron chi connectivity index (χ1n) is 16.6. The van der Waals surface area contributed by atoms with Gasteiger partial charge in [0, 0.05) is 30.1 Å². The van der Waals surface area contributed by atoms with Crippen molar-refractivity contribution >= 4 is 34.8 Å². The van der Waals surface area contributed by atoms with Crippen LogP contribution < -0.4 is 16.0 Å². The molecule has 5 N–H and O–H groups in total. The molecule has 5 saturated carbocycles. The van der Waals surface area contributed by atoms with Gasteiger partial charge in [-0.15, -0.1) is 0 Å². The molecule has 1 heterocycles. The fourth-order valence-electron chi connectivity index (χ4n) is 8.65. The zero-order chi connectivity index (χ0) is 32.0. The molecule has 0 unspecified atom stereocenters. The van der Waals surface area contributed by atoms with Crippen LogP contribution in [0.2, 0.25) is 0 Å². The summed E-state index contributed by atoms with van der Waals surface area (Å²) in [5.74, 6) is -0.754. The summed E-state index contributed by atoms with van der Waals surface area (Å²) < 4.78 is 6.15. The van der Waals surface area contributed by atoms with Crippen LogP contribution in [-0.4, -0.2) is 52.2 Å². The van der Waals surface area contributed by atoms with Crippen molar-refractivity contribution in [3.8, 4) is 0 Å². The predicted molar refractivity (Wildman–Crippen MR) is 170 cm³/mol. The minimum atomic E-state index is -1.37. The number of alkyl carbamates (subject to hydrolysis) is 1. The third-order valence-electron chi connectivity index (χ3n) is 10.9. The van der Waals surface area contributed by atoms with E-state index in [4.69, 9.17) is 4.74 Å². The zero-order valence-corrected chi connectivity index (χ0v) is 26.0. The lowest BCUT2D eigenvalue weighted by Gasteiger charge is -2.53. The number of aliphatic carboxylic acids is 1. The average Bonchev–Trinajstić information content (AvgIpc) is 3.76. The van der Waals surface area contributed by atoms with E-state index in [0.29, 0.717) is 18.3 Å². The van der Waals surface area contributed by atoms with Crippen LogP contribution in [0, 0.1) is 35.5 Å². The Kier molecular flexibility index (Phi) is 7.98. The first kappa shape index (κ1) is 30.3. The van der Waals surface area contributed by atoms with Crippen LogP contribution in [0.1, 0.15) is 62.6 Å². The van der Waals surface area contributed by atoms with Gasteiger partial charge in [0.25, 0.3) is 0 Å². The highest BCUT2D eigenvalue weighted by molar-refractivity contribution is 5.92. The highest BCUT2D eigenvalue weighted by Gasteiger charge is 2.51. The summed E-state index contributed by atoms with van der Waals surface area (Å²) in [7, 11) is 0. The lowest BCUT2D eigenvalue weighted by Crippen LogP contribution is -2.60. The molecule has 10 heteroatoms. The monoisotopic (exact) mass is 626 g/mol. The number of fused-ring (bicyclic) bond motifs is 1. The van der Waals surface area contributed by atoms with Gasteiger partial charge in [0.2, 0.25) is 11.8 Å². The van der Waals surface area contributed by atoms with Crippen LogP contribution in [0.5, 0.6) is 0 Å². The Bertz CT molecular complexity index is 1610. The molecule has 242 valence electrons. The first-order valence-corrected chi connectivity index (χ1v) is 16.6. The van der Waals surface area contributed by atoms with Crippen molar-refractivity contribution in [2.75, 3.05) is 6.54 Å². The van der Waals surface area contributed by atoms with E-state index < -0.39 is 41.4 Å². The summed E-state index contributed by atoms with van der Waals surface area (Å²) in [5.41, 5.74) is 1.22. The van der Waals surface area contributed by atoms with E-state index in [1.54, 1.807) is 6.92 Å². The lowest BCUT2D eigenvalue weighted by molar-refractivity contribution is -0.140. The number of H-pyrrole nitrogens is 1. The second-order valence-corrected chi connectivity index (χ2v) is 14.3. The van der Waals surface area contributed by atoms with Crippen molar-refractivity contribution < 1.29 is 29.0 Å². The number of para-hydroxylation sites is 1. The Labute approximate surface area is 268 Å². The van der Waals surface area contributed by atoms with E-state index in [1.165, 1.54) is 6.42 Å². The summed E-state index contributed by atoms with van der Waals surface area (Å²) in [6, 6.07) is 16.5. The number of amides is 3. The van der Waals surface area contributed by atoms with E-state index in [-0.39, 0.29) is 25.0 Å². The highest BCUT2D eigenvalue weighted by Crippen LogP contribution is 2.54. The van der Waals surface area contributed by atoms with E-state index in [0.717, 1.165) is 59.5 Å². The molecule has 5 aliphatic rings. The zero-order valence-electron chi connectivity index (χ0n) is 26.0. The van der Waals surface area contributed by atoms with Gasteiger partial charge in [-0.2, -0.15) is 0 Å². The molecular formula is C36H42N4O6. The Morgan fingerprint density at radius 2 is 1.59 bits per heavy atom. The minimum absolute atomic E-state index is 0.0504. The van der Waals surface area contributed by atoms with Gasteiger partial charge in [-0.1, -0.05) is 48.5 Å². The first-order chi connectivity index (χ1) is 22.2. The molecule has 5 fully saturated rings. The molecular weight excluding hydrogens is 584 g/mol. The van der Waals surface area contributed by atoms with Crippen LogP contribution in [0.15, 0.2) is 60.8 Å². The van der Waals surface area contributed by atoms with E-state index >= 15 is 0 Å². The molecule has 8 rings (SSSR count). The van der Waals surface area contributed by atoms with Gasteiger partial charge < -0.3 is 30.8 Å². The van der Waals surface area contributed by atoms with Crippen molar-refractivity contribution in [3.63, 3.8) is 0 Å². The molecule has 10 nitrogen and oxygen atoms in total. The highest BCUT2D eigenvalue weighted by atomic mass is 16.6. The van der Waals surface area contributed by atoms with Crippen LogP contribution >= 0.6 is 0 Å². The number of ether oxygens (including phenoxy) is 1. The molecule has 0 aliphatic heterocycles. The quantitative estimate of drug-likeness (QED) is 0.208. The summed E-state index contributed by atoms with van der Waals surface area (Å²) in [6.45, 7) is 1.76. The number of hydrogen-bond acceptors (Lipinski definition) is 5. The minimum Gasteiger partial charge on any atom is -0.481 e. The maximum Gasteiger partial charge on any atom is 0.408 e. The summed E-state index contributed by atoms with van der Waals surface area (Å²) >= 11 is 0. The van der Waals surface area contributed by atoms with Crippen molar-refractivity contribution in [1.82, 2.24) is 20.9 Å². The maximum atomic E-state index is 14.1. The second-order valence-electron chi connectivity index (χ2n) is 14.3. The number of nitrogens with one attached hydrogen (secondary N) is 4. The van der Waals surface area contributed by atoms with Crippen molar-refractivity contribution in [2.45, 2.75) is 69.6 Å². The fourth-order valence-corrected chi connectivity index (χ4v) is 8.65. The molecule has 3 amide bonds. The van der Waals surface area contributed by atoms with Gasteiger partial charge in [-0.3, -0.25) is 14.4 Å². The lowest BCUT2D eigenvalue weighted by atomic mass is 9.55. The van der Waals surface area contributed by atoms with Gasteiger partial charge in [-0.05, 0) is 86.3 Å². The standard InChI is InChI=1S/C36H42N4O6/c1-36(17-25-18-37-29-10-6-5-9-26(25)29,40-35(45)46-31-23-12-20-11-21(14-23)15-24(31)13-20)34(44)38-19-30(22-7-3-2-4-8-22)39-32(41)27-16-28(27)33(42)43/h2-10,18,20-21,23-24,27-28,30-31,37H,11-17,19H2,1H3,(H,38,44)(H,39,41)(H,40,45)(H,42,43)/t20?,21?,23?,24?,27-,28-,30-,31?,36+/m0/s1. The number of hydrogen-bond donors (Lipinski definition) is 5. The van der Waals surface area contributed by atoms with Crippen molar-refractivity contribution in [3.05, 3.63) is 71.9 Å². The van der Waals surface area contributed by atoms with Gasteiger partial charge in [-0.25, -0.2) is 4.79 Å². The van der Waals surface area contributed by atoms with Crippen LogP contribution in [0.3, 0.4) is 0 Å². The topological polar surface area (TPSA) is 150 Å². The third kappa shape index (κ3) is 6.09. The second kappa shape index (κ2) is 12.1. The third-order valence-corrected chi connectivity index (χ3v) is 10.9. The van der Waals surface area contributed by atoms with Crippen LogP contribution in [-0.2, 0) is 25.5 Å². The smallest absolute Gasteiger partial charge is 0.408 e. The number of carboxylic acid groups (broad SMARTS) is 1. The molecule has 2 aromatic carbocycles. The molecule has 1 aromatic heterocycles. The van der Waals surface area contributed by atoms with Crippen molar-refractivity contribution in [2.24, 2.45) is 35.5 Å². The molecule has 5 aliphatic carbocycles. The Morgan fingerprint density at radius 3 is 2.26 bits per heavy atom. The number of aromatic nitrogens is 1. The number of carbonyl (C=O) groups is 4. The maximum absolute atomic E-state index is 14.1. The molecule has 46 heavy (non-hydrogen) atoms. The number of benzene rings is 2. The summed E-state index contributed by atoms with van der Waals surface area (Å²) in [4.78, 5) is 55.3. The number of carbonyl (C=O) groups excluding carboxylic acids is 3. The summed E-state index contributed by atoms with van der Waals surface area (Å²) in [6.07, 6.45) is 7.41. The molecule has 0 spiro atoms. The van der Waals surface area contributed by atoms with Gasteiger partial charge in [0.15, 0.2) is 0 Å². The van der Waals surface area contributed by atoms with Gasteiger partial charge >= 0.3 is 12.1 Å². The fraction of sp³-hybridized carbons (Fsp3) is 0.500. The number of aromatic amines is 1. The van der Waals surface area contributed by atoms with Crippen LogP contribution in [0.25, 0.3) is 10.9 Å². The largest absolute Gasteiger partial charge is 0.481 e. The molecule has 0 radical (unpaired) electrons. The molecule has 0 saturated heterocycles.